The Bertz CT molecular complexity index is 867. The number of hydrogen-bond donors (Lipinski definition) is 1. The molecule has 27 heavy (non-hydrogen) atoms. The van der Waals surface area contributed by atoms with Gasteiger partial charge in [-0.2, -0.15) is 13.2 Å². The van der Waals surface area contributed by atoms with Gasteiger partial charge in [-0.05, 0) is 24.1 Å². The summed E-state index contributed by atoms with van der Waals surface area (Å²) in [5.41, 5.74) is 0.616. The van der Waals surface area contributed by atoms with E-state index in [4.69, 9.17) is 0 Å². The van der Waals surface area contributed by atoms with Gasteiger partial charge in [0.05, 0.1) is 11.1 Å². The molecule has 2 heterocycles. The summed E-state index contributed by atoms with van der Waals surface area (Å²) in [6.45, 7) is 2.30. The average Bonchev–Trinajstić information content (AvgIpc) is 2.66. The van der Waals surface area contributed by atoms with Gasteiger partial charge in [0.2, 0.25) is 5.91 Å². The fourth-order valence-corrected chi connectivity index (χ4v) is 3.14. The van der Waals surface area contributed by atoms with E-state index in [2.05, 4.69) is 10.3 Å². The molecule has 142 valence electrons. The number of pyridine rings is 1. The van der Waals surface area contributed by atoms with Gasteiger partial charge in [-0.25, -0.2) is 0 Å². The van der Waals surface area contributed by atoms with Crippen LogP contribution >= 0.6 is 0 Å². The molecule has 1 aliphatic heterocycles. The van der Waals surface area contributed by atoms with Crippen molar-refractivity contribution in [3.05, 3.63) is 65.0 Å². The average molecular weight is 377 g/mol. The molecule has 0 saturated carbocycles. The molecule has 1 N–H and O–H groups in total. The third-order valence-corrected chi connectivity index (χ3v) is 4.48. The number of hydrogen-bond acceptors (Lipinski definition) is 3. The Morgan fingerprint density at radius 2 is 1.93 bits per heavy atom. The third kappa shape index (κ3) is 3.94. The molecule has 0 unspecified atom stereocenters. The van der Waals surface area contributed by atoms with Gasteiger partial charge in [0.1, 0.15) is 6.04 Å². The van der Waals surface area contributed by atoms with Gasteiger partial charge in [0.25, 0.3) is 5.91 Å². The Morgan fingerprint density at radius 3 is 2.59 bits per heavy atom. The number of alkyl halides is 3. The van der Waals surface area contributed by atoms with Crippen LogP contribution in [0.3, 0.4) is 0 Å². The molecule has 2 amide bonds. The van der Waals surface area contributed by atoms with E-state index >= 15 is 0 Å². The molecule has 0 saturated heterocycles. The van der Waals surface area contributed by atoms with Gasteiger partial charge in [-0.1, -0.05) is 24.3 Å². The van der Waals surface area contributed by atoms with Crippen molar-refractivity contribution < 1.29 is 22.8 Å². The van der Waals surface area contributed by atoms with Crippen molar-refractivity contribution in [2.45, 2.75) is 32.1 Å². The van der Waals surface area contributed by atoms with Crippen LogP contribution in [-0.4, -0.2) is 34.3 Å². The first-order chi connectivity index (χ1) is 12.8. The summed E-state index contributed by atoms with van der Waals surface area (Å²) in [5, 5.41) is 2.69. The van der Waals surface area contributed by atoms with Crippen LogP contribution < -0.4 is 5.32 Å². The zero-order valence-corrected chi connectivity index (χ0v) is 14.6. The number of nitrogens with one attached hydrogen (secondary N) is 1. The molecule has 1 atom stereocenters. The fourth-order valence-electron chi connectivity index (χ4n) is 3.14. The standard InChI is InChI=1S/C19H18F3N3O2/c1-2-24-17(26)16-8-12-5-3-4-6-13(12)11-25(16)18(27)14-7-15(10-23-9-14)19(20,21)22/h3-7,9-10,16H,2,8,11H2,1H3,(H,24,26)/t16-/m1/s1. The number of benzene rings is 1. The van der Waals surface area contributed by atoms with E-state index in [1.807, 2.05) is 24.3 Å². The molecule has 1 aliphatic rings. The number of aromatic nitrogens is 1. The predicted molar refractivity (Wildman–Crippen MR) is 91.7 cm³/mol. The lowest BCUT2D eigenvalue weighted by atomic mass is 9.92. The minimum Gasteiger partial charge on any atom is -0.355 e. The Hall–Kier alpha value is -2.90. The smallest absolute Gasteiger partial charge is 0.355 e. The van der Waals surface area contributed by atoms with Crippen LogP contribution in [0, 0.1) is 0 Å². The molecule has 0 spiro atoms. The number of nitrogens with zero attached hydrogens (tertiary/aromatic N) is 2. The second kappa shape index (κ2) is 7.38. The summed E-state index contributed by atoms with van der Waals surface area (Å²) < 4.78 is 38.8. The van der Waals surface area contributed by atoms with Crippen LogP contribution in [0.2, 0.25) is 0 Å². The second-order valence-corrected chi connectivity index (χ2v) is 6.28. The van der Waals surface area contributed by atoms with E-state index in [1.165, 1.54) is 4.90 Å². The zero-order chi connectivity index (χ0) is 19.6. The van der Waals surface area contributed by atoms with Gasteiger partial charge < -0.3 is 10.2 Å². The maximum Gasteiger partial charge on any atom is 0.417 e. The number of carbonyl (C=O) groups is 2. The molecular formula is C19H18F3N3O2. The Balaban J connectivity index is 1.96. The topological polar surface area (TPSA) is 62.3 Å². The van der Waals surface area contributed by atoms with Crippen molar-refractivity contribution >= 4 is 11.8 Å². The molecule has 8 heteroatoms. The number of carbonyl (C=O) groups excluding carboxylic acids is 2. The largest absolute Gasteiger partial charge is 0.417 e. The van der Waals surface area contributed by atoms with Gasteiger partial charge in [-0.3, -0.25) is 14.6 Å². The summed E-state index contributed by atoms with van der Waals surface area (Å²) in [6, 6.07) is 7.37. The first kappa shape index (κ1) is 18.9. The molecule has 0 bridgehead atoms. The first-order valence-electron chi connectivity index (χ1n) is 8.49. The molecule has 1 aromatic carbocycles. The number of halogens is 3. The molecule has 5 nitrogen and oxygen atoms in total. The Morgan fingerprint density at radius 1 is 1.22 bits per heavy atom. The molecule has 0 radical (unpaired) electrons. The van der Waals surface area contributed by atoms with Gasteiger partial charge >= 0.3 is 6.18 Å². The van der Waals surface area contributed by atoms with Crippen LogP contribution in [0.4, 0.5) is 13.2 Å². The zero-order valence-electron chi connectivity index (χ0n) is 14.6. The highest BCUT2D eigenvalue weighted by atomic mass is 19.4. The summed E-state index contributed by atoms with van der Waals surface area (Å²) in [4.78, 5) is 30.3. The van der Waals surface area contributed by atoms with Crippen LogP contribution in [-0.2, 0) is 23.9 Å². The van der Waals surface area contributed by atoms with Crippen molar-refractivity contribution in [3.63, 3.8) is 0 Å². The Labute approximate surface area is 154 Å². The van der Waals surface area contributed by atoms with E-state index in [-0.39, 0.29) is 18.0 Å². The van der Waals surface area contributed by atoms with Crippen molar-refractivity contribution in [1.29, 1.82) is 0 Å². The lowest BCUT2D eigenvalue weighted by Gasteiger charge is -2.36. The highest BCUT2D eigenvalue weighted by molar-refractivity contribution is 5.98. The van der Waals surface area contributed by atoms with Crippen LogP contribution in [0.1, 0.15) is 34.0 Å². The van der Waals surface area contributed by atoms with Crippen molar-refractivity contribution in [3.8, 4) is 0 Å². The number of amides is 2. The molecule has 1 aromatic heterocycles. The van der Waals surface area contributed by atoms with E-state index < -0.39 is 23.7 Å². The monoisotopic (exact) mass is 377 g/mol. The summed E-state index contributed by atoms with van der Waals surface area (Å²) in [7, 11) is 0. The van der Waals surface area contributed by atoms with Crippen LogP contribution in [0.15, 0.2) is 42.7 Å². The maximum absolute atomic E-state index is 12.9. The molecule has 0 fully saturated rings. The molecule has 2 aromatic rings. The quantitative estimate of drug-likeness (QED) is 0.895. The Kier molecular flexibility index (Phi) is 5.16. The fraction of sp³-hybridized carbons (Fsp3) is 0.316. The lowest BCUT2D eigenvalue weighted by molar-refractivity contribution is -0.137. The highest BCUT2D eigenvalue weighted by Gasteiger charge is 2.36. The summed E-state index contributed by atoms with van der Waals surface area (Å²) >= 11 is 0. The maximum atomic E-state index is 12.9. The van der Waals surface area contributed by atoms with E-state index in [0.29, 0.717) is 19.2 Å². The predicted octanol–water partition coefficient (Wildman–Crippen LogP) is 2.80. The number of rotatable bonds is 3. The summed E-state index contributed by atoms with van der Waals surface area (Å²) in [6.07, 6.45) is -2.53. The molecule has 3 rings (SSSR count). The first-order valence-corrected chi connectivity index (χ1v) is 8.49. The molecule has 0 aliphatic carbocycles. The number of fused-ring (bicyclic) bond motifs is 1. The minimum absolute atomic E-state index is 0.146. The van der Waals surface area contributed by atoms with E-state index in [0.717, 1.165) is 23.4 Å². The van der Waals surface area contributed by atoms with Crippen molar-refractivity contribution in [2.24, 2.45) is 0 Å². The summed E-state index contributed by atoms with van der Waals surface area (Å²) in [5.74, 6) is -0.986. The van der Waals surface area contributed by atoms with E-state index in [1.54, 1.807) is 6.92 Å². The second-order valence-electron chi connectivity index (χ2n) is 6.28. The molecular weight excluding hydrogens is 359 g/mol. The third-order valence-electron chi connectivity index (χ3n) is 4.48. The van der Waals surface area contributed by atoms with Crippen molar-refractivity contribution in [2.75, 3.05) is 6.54 Å². The normalized spacial score (nSPS) is 16.6. The van der Waals surface area contributed by atoms with Crippen LogP contribution in [0.5, 0.6) is 0 Å². The SMILES string of the molecule is CCNC(=O)[C@H]1Cc2ccccc2CN1C(=O)c1cncc(C(F)(F)F)c1. The minimum atomic E-state index is -4.60. The highest BCUT2D eigenvalue weighted by Crippen LogP contribution is 2.30. The van der Waals surface area contributed by atoms with Crippen LogP contribution in [0.25, 0.3) is 0 Å². The van der Waals surface area contributed by atoms with Crippen molar-refractivity contribution in [1.82, 2.24) is 15.2 Å². The lowest BCUT2D eigenvalue weighted by Crippen LogP contribution is -2.52. The van der Waals surface area contributed by atoms with Gasteiger partial charge in [-0.15, -0.1) is 0 Å². The van der Waals surface area contributed by atoms with Gasteiger partial charge in [0.15, 0.2) is 0 Å². The van der Waals surface area contributed by atoms with Gasteiger partial charge in [0, 0.05) is 31.9 Å². The van der Waals surface area contributed by atoms with E-state index in [9.17, 15) is 22.8 Å². The number of likely N-dealkylation sites (N-methyl/N-ethyl adjacent to an activating group) is 1.